The molecule has 3 rings (SSSR count). The van der Waals surface area contributed by atoms with Gasteiger partial charge in [0, 0.05) is 16.4 Å². The zero-order valence-electron chi connectivity index (χ0n) is 14.3. The van der Waals surface area contributed by atoms with Crippen molar-refractivity contribution in [2.24, 2.45) is 0 Å². The second-order valence-corrected chi connectivity index (χ2v) is 6.05. The molecule has 1 aromatic heterocycles. The molecule has 1 heterocycles. The lowest BCUT2D eigenvalue weighted by atomic mass is 10.2. The molecule has 2 N–H and O–H groups in total. The van der Waals surface area contributed by atoms with E-state index < -0.39 is 18.5 Å². The smallest absolute Gasteiger partial charge is 0.340 e. The number of furan rings is 1. The van der Waals surface area contributed by atoms with Crippen molar-refractivity contribution >= 4 is 34.9 Å². The molecule has 7 heteroatoms. The first-order valence-corrected chi connectivity index (χ1v) is 8.57. The van der Waals surface area contributed by atoms with Gasteiger partial charge in [-0.15, -0.1) is 0 Å². The summed E-state index contributed by atoms with van der Waals surface area (Å²) >= 11 is 5.80. The lowest BCUT2D eigenvalue weighted by Crippen LogP contribution is -2.21. The maximum atomic E-state index is 12.3. The normalized spacial score (nSPS) is 10.3. The van der Waals surface area contributed by atoms with E-state index in [1.54, 1.807) is 60.9 Å². The molecule has 0 aliphatic rings. The molecular weight excluding hydrogens is 368 g/mol. The van der Waals surface area contributed by atoms with Crippen LogP contribution in [0.3, 0.4) is 0 Å². The van der Waals surface area contributed by atoms with E-state index in [1.807, 2.05) is 6.07 Å². The summed E-state index contributed by atoms with van der Waals surface area (Å²) < 4.78 is 10.4. The molecule has 138 valence electrons. The van der Waals surface area contributed by atoms with Gasteiger partial charge in [0.1, 0.15) is 5.76 Å². The second kappa shape index (κ2) is 8.91. The lowest BCUT2D eigenvalue weighted by molar-refractivity contribution is -0.119. The van der Waals surface area contributed by atoms with Crippen LogP contribution in [0.4, 0.5) is 11.4 Å². The number of carbonyl (C=O) groups excluding carboxylic acids is 2. The predicted molar refractivity (Wildman–Crippen MR) is 103 cm³/mol. The average Bonchev–Trinajstić information content (AvgIpc) is 3.20. The Bertz CT molecular complexity index is 908. The van der Waals surface area contributed by atoms with Crippen molar-refractivity contribution in [3.63, 3.8) is 0 Å². The van der Waals surface area contributed by atoms with Crippen molar-refractivity contribution in [2.75, 3.05) is 17.2 Å². The van der Waals surface area contributed by atoms with Gasteiger partial charge in [-0.25, -0.2) is 4.79 Å². The largest absolute Gasteiger partial charge is 0.467 e. The summed E-state index contributed by atoms with van der Waals surface area (Å²) in [6.07, 6.45) is 1.58. The monoisotopic (exact) mass is 384 g/mol. The summed E-state index contributed by atoms with van der Waals surface area (Å²) in [5, 5.41) is 6.32. The van der Waals surface area contributed by atoms with Crippen LogP contribution in [0.25, 0.3) is 0 Å². The van der Waals surface area contributed by atoms with Crippen LogP contribution in [-0.4, -0.2) is 18.5 Å². The van der Waals surface area contributed by atoms with Gasteiger partial charge in [0.15, 0.2) is 6.61 Å². The van der Waals surface area contributed by atoms with Gasteiger partial charge in [0.05, 0.1) is 18.4 Å². The number of anilines is 2. The van der Waals surface area contributed by atoms with Crippen molar-refractivity contribution in [3.05, 3.63) is 83.3 Å². The first kappa shape index (κ1) is 18.5. The zero-order valence-corrected chi connectivity index (χ0v) is 15.0. The third kappa shape index (κ3) is 5.36. The molecule has 2 aromatic carbocycles. The molecule has 0 saturated heterocycles. The van der Waals surface area contributed by atoms with Gasteiger partial charge >= 0.3 is 5.97 Å². The number of ether oxygens (including phenoxy) is 1. The van der Waals surface area contributed by atoms with Gasteiger partial charge in [-0.1, -0.05) is 23.7 Å². The van der Waals surface area contributed by atoms with E-state index in [0.29, 0.717) is 28.5 Å². The molecule has 0 aliphatic heterocycles. The standard InChI is InChI=1S/C20H17ClN2O4/c21-14-7-9-15(10-8-14)23-19(24)13-27-20(25)17-5-1-2-6-18(17)22-12-16-4-3-11-26-16/h1-11,22H,12-13H2,(H,23,24). The Morgan fingerprint density at radius 1 is 1.00 bits per heavy atom. The third-order valence-electron chi connectivity index (χ3n) is 3.64. The first-order chi connectivity index (χ1) is 13.1. The fourth-order valence-corrected chi connectivity index (χ4v) is 2.48. The van der Waals surface area contributed by atoms with E-state index in [9.17, 15) is 9.59 Å². The summed E-state index contributed by atoms with van der Waals surface area (Å²) in [5.74, 6) is -0.295. The predicted octanol–water partition coefficient (Wildman–Crippen LogP) is 4.34. The minimum atomic E-state index is -0.594. The van der Waals surface area contributed by atoms with Crippen LogP contribution in [0, 0.1) is 0 Å². The van der Waals surface area contributed by atoms with Crippen LogP contribution in [0.2, 0.25) is 5.02 Å². The highest BCUT2D eigenvalue weighted by atomic mass is 35.5. The van der Waals surface area contributed by atoms with Crippen LogP contribution in [-0.2, 0) is 16.1 Å². The van der Waals surface area contributed by atoms with Crippen LogP contribution < -0.4 is 10.6 Å². The fourth-order valence-electron chi connectivity index (χ4n) is 2.35. The molecule has 1 amide bonds. The van der Waals surface area contributed by atoms with Gasteiger partial charge in [-0.3, -0.25) is 4.79 Å². The lowest BCUT2D eigenvalue weighted by Gasteiger charge is -2.11. The highest BCUT2D eigenvalue weighted by Gasteiger charge is 2.14. The molecule has 6 nitrogen and oxygen atoms in total. The van der Waals surface area contributed by atoms with Crippen molar-refractivity contribution in [2.45, 2.75) is 6.54 Å². The Balaban J connectivity index is 1.55. The van der Waals surface area contributed by atoms with Crippen molar-refractivity contribution in [1.29, 1.82) is 0 Å². The first-order valence-electron chi connectivity index (χ1n) is 8.19. The number of amides is 1. The Labute approximate surface area is 161 Å². The van der Waals surface area contributed by atoms with E-state index in [0.717, 1.165) is 5.76 Å². The minimum absolute atomic E-state index is 0.336. The number of halogens is 1. The summed E-state index contributed by atoms with van der Waals surface area (Å²) in [6, 6.07) is 17.2. The second-order valence-electron chi connectivity index (χ2n) is 5.61. The van der Waals surface area contributed by atoms with E-state index in [1.165, 1.54) is 0 Å². The number of hydrogen-bond acceptors (Lipinski definition) is 5. The summed E-state index contributed by atoms with van der Waals surface area (Å²) in [6.45, 7) is 0.0301. The van der Waals surface area contributed by atoms with E-state index in [4.69, 9.17) is 20.8 Å². The maximum absolute atomic E-state index is 12.3. The van der Waals surface area contributed by atoms with Crippen molar-refractivity contribution in [3.8, 4) is 0 Å². The van der Waals surface area contributed by atoms with Crippen LogP contribution in [0.5, 0.6) is 0 Å². The molecule has 27 heavy (non-hydrogen) atoms. The highest BCUT2D eigenvalue weighted by Crippen LogP contribution is 2.18. The van der Waals surface area contributed by atoms with Crippen molar-refractivity contribution < 1.29 is 18.7 Å². The average molecular weight is 385 g/mol. The SMILES string of the molecule is O=C(COC(=O)c1ccccc1NCc1ccco1)Nc1ccc(Cl)cc1. The fraction of sp³-hybridized carbons (Fsp3) is 0.100. The molecule has 0 bridgehead atoms. The van der Waals surface area contributed by atoms with Crippen LogP contribution >= 0.6 is 11.6 Å². The highest BCUT2D eigenvalue weighted by molar-refractivity contribution is 6.30. The maximum Gasteiger partial charge on any atom is 0.340 e. The Kier molecular flexibility index (Phi) is 6.12. The molecule has 0 saturated carbocycles. The summed E-state index contributed by atoms with van der Waals surface area (Å²) in [4.78, 5) is 24.3. The minimum Gasteiger partial charge on any atom is -0.467 e. The quantitative estimate of drug-likeness (QED) is 0.592. The topological polar surface area (TPSA) is 80.6 Å². The molecule has 0 spiro atoms. The van der Waals surface area contributed by atoms with Crippen LogP contribution in [0.1, 0.15) is 16.1 Å². The van der Waals surface area contributed by atoms with E-state index >= 15 is 0 Å². The van der Waals surface area contributed by atoms with Gasteiger partial charge in [-0.05, 0) is 48.5 Å². The molecule has 0 atom stereocenters. The number of para-hydroxylation sites is 1. The molecule has 0 aliphatic carbocycles. The molecule has 3 aromatic rings. The number of benzene rings is 2. The number of nitrogens with one attached hydrogen (secondary N) is 2. The number of carbonyl (C=O) groups is 2. The van der Waals surface area contributed by atoms with Gasteiger partial charge in [-0.2, -0.15) is 0 Å². The Hall–Kier alpha value is -3.25. The number of rotatable bonds is 7. The van der Waals surface area contributed by atoms with Gasteiger partial charge in [0.2, 0.25) is 0 Å². The molecular formula is C20H17ClN2O4. The van der Waals surface area contributed by atoms with Crippen molar-refractivity contribution in [1.82, 2.24) is 0 Å². The zero-order chi connectivity index (χ0) is 19.1. The number of hydrogen-bond donors (Lipinski definition) is 2. The van der Waals surface area contributed by atoms with E-state index in [2.05, 4.69) is 10.6 Å². The number of esters is 1. The van der Waals surface area contributed by atoms with Gasteiger partial charge in [0.25, 0.3) is 5.91 Å². The Morgan fingerprint density at radius 3 is 2.52 bits per heavy atom. The summed E-state index contributed by atoms with van der Waals surface area (Å²) in [7, 11) is 0. The molecule has 0 radical (unpaired) electrons. The summed E-state index contributed by atoms with van der Waals surface area (Å²) in [5.41, 5.74) is 1.50. The van der Waals surface area contributed by atoms with Gasteiger partial charge < -0.3 is 19.8 Å². The third-order valence-corrected chi connectivity index (χ3v) is 3.89. The van der Waals surface area contributed by atoms with Crippen LogP contribution in [0.15, 0.2) is 71.3 Å². The molecule has 0 unspecified atom stereocenters. The molecule has 0 fully saturated rings. The van der Waals surface area contributed by atoms with E-state index in [-0.39, 0.29) is 0 Å². The Morgan fingerprint density at radius 2 is 1.78 bits per heavy atom.